The van der Waals surface area contributed by atoms with E-state index in [1.165, 1.54) is 47.2 Å². The highest BCUT2D eigenvalue weighted by atomic mass is 19.1. The average Bonchev–Trinajstić information content (AvgIpc) is 3.28. The highest BCUT2D eigenvalue weighted by Crippen LogP contribution is 2.49. The molecule has 0 bridgehead atoms. The second kappa shape index (κ2) is 7.51. The second-order valence-corrected chi connectivity index (χ2v) is 8.34. The van der Waals surface area contributed by atoms with Crippen LogP contribution in [-0.4, -0.2) is 51.5 Å². The minimum Gasteiger partial charge on any atom is -0.342 e. The number of anilines is 1. The minimum atomic E-state index is -0.542. The number of likely N-dealkylation sites (tertiary alicyclic amines) is 1. The van der Waals surface area contributed by atoms with Gasteiger partial charge in [-0.2, -0.15) is 0 Å². The first-order chi connectivity index (χ1) is 15.3. The summed E-state index contributed by atoms with van der Waals surface area (Å²) in [4.78, 5) is 37.3. The summed E-state index contributed by atoms with van der Waals surface area (Å²) in [5.74, 6) is -0.0800. The van der Waals surface area contributed by atoms with Crippen LogP contribution in [0.2, 0.25) is 0 Å². The van der Waals surface area contributed by atoms with Crippen LogP contribution in [0.4, 0.5) is 14.7 Å². The van der Waals surface area contributed by atoms with E-state index in [1.807, 2.05) is 11.9 Å². The molecule has 1 saturated heterocycles. The number of rotatable bonds is 4. The van der Waals surface area contributed by atoms with E-state index in [0.717, 1.165) is 6.20 Å². The van der Waals surface area contributed by atoms with E-state index < -0.39 is 5.82 Å². The highest BCUT2D eigenvalue weighted by molar-refractivity contribution is 5.94. The molecule has 2 aliphatic rings. The quantitative estimate of drug-likeness (QED) is 0.627. The number of halogens is 2. The predicted molar refractivity (Wildman–Crippen MR) is 114 cm³/mol. The number of hydrogen-bond donors (Lipinski definition) is 0. The van der Waals surface area contributed by atoms with Gasteiger partial charge in [-0.3, -0.25) is 19.1 Å². The van der Waals surface area contributed by atoms with Crippen LogP contribution in [0, 0.1) is 23.5 Å². The molecule has 3 aromatic rings. The lowest BCUT2D eigenvalue weighted by Gasteiger charge is -2.26. The Morgan fingerprint density at radius 2 is 1.81 bits per heavy atom. The van der Waals surface area contributed by atoms with Crippen molar-refractivity contribution in [3.05, 3.63) is 76.3 Å². The molecule has 1 amide bonds. The number of hydrogen-bond acceptors (Lipinski definition) is 5. The molecule has 3 heterocycles. The monoisotopic (exact) mass is 437 g/mol. The van der Waals surface area contributed by atoms with Gasteiger partial charge < -0.3 is 9.80 Å². The molecule has 32 heavy (non-hydrogen) atoms. The fourth-order valence-corrected chi connectivity index (χ4v) is 4.71. The Morgan fingerprint density at radius 1 is 1.12 bits per heavy atom. The summed E-state index contributed by atoms with van der Waals surface area (Å²) in [5, 5.41) is 0. The molecule has 2 fully saturated rings. The number of fused-ring (bicyclic) bond motifs is 1. The number of pyridine rings is 1. The van der Waals surface area contributed by atoms with Gasteiger partial charge in [0.15, 0.2) is 5.82 Å². The Morgan fingerprint density at radius 3 is 2.47 bits per heavy atom. The first-order valence-corrected chi connectivity index (χ1v) is 10.3. The predicted octanol–water partition coefficient (Wildman–Crippen LogP) is 2.33. The summed E-state index contributed by atoms with van der Waals surface area (Å²) in [6.45, 7) is 1.17. The number of aromatic nitrogens is 3. The number of benzene rings is 1. The topological polar surface area (TPSA) is 71.3 Å². The van der Waals surface area contributed by atoms with Crippen LogP contribution in [0.1, 0.15) is 10.4 Å². The fourth-order valence-electron chi connectivity index (χ4n) is 4.71. The molecule has 0 spiro atoms. The Bertz CT molecular complexity index is 1250. The molecule has 0 unspecified atom stereocenters. The van der Waals surface area contributed by atoms with Crippen molar-refractivity contribution in [2.45, 2.75) is 6.04 Å². The molecule has 164 valence electrons. The molecular weight excluding hydrogens is 416 g/mol. The molecule has 7 nitrogen and oxygen atoms in total. The summed E-state index contributed by atoms with van der Waals surface area (Å²) in [5.41, 5.74) is 0.661. The van der Waals surface area contributed by atoms with Gasteiger partial charge >= 0.3 is 0 Å². The average molecular weight is 437 g/mol. The van der Waals surface area contributed by atoms with Gasteiger partial charge in [0.25, 0.3) is 11.5 Å². The molecule has 5 rings (SSSR count). The molecule has 0 N–H and O–H groups in total. The van der Waals surface area contributed by atoms with Crippen molar-refractivity contribution in [3.63, 3.8) is 0 Å². The zero-order chi connectivity index (χ0) is 22.6. The maximum Gasteiger partial charge on any atom is 0.255 e. The Balaban J connectivity index is 1.34. The van der Waals surface area contributed by atoms with Crippen LogP contribution in [0.5, 0.6) is 0 Å². The lowest BCUT2D eigenvalue weighted by atomic mass is 10.2. The van der Waals surface area contributed by atoms with Gasteiger partial charge in [0.1, 0.15) is 5.82 Å². The van der Waals surface area contributed by atoms with Gasteiger partial charge in [-0.25, -0.2) is 13.8 Å². The van der Waals surface area contributed by atoms with Crippen LogP contribution in [0.15, 0.2) is 53.6 Å². The van der Waals surface area contributed by atoms with E-state index >= 15 is 0 Å². The third-order valence-electron chi connectivity index (χ3n) is 6.45. The van der Waals surface area contributed by atoms with Crippen LogP contribution >= 0.6 is 0 Å². The van der Waals surface area contributed by atoms with Gasteiger partial charge in [-0.15, -0.1) is 0 Å². The number of carbonyl (C=O) groups excluding carboxylic acids is 1. The first kappa shape index (κ1) is 20.3. The summed E-state index contributed by atoms with van der Waals surface area (Å²) >= 11 is 0. The van der Waals surface area contributed by atoms with E-state index in [-0.39, 0.29) is 46.4 Å². The van der Waals surface area contributed by atoms with Crippen LogP contribution < -0.4 is 10.5 Å². The number of carbonyl (C=O) groups is 1. The fraction of sp³-hybridized carbons (Fsp3) is 0.304. The van der Waals surface area contributed by atoms with Gasteiger partial charge in [0, 0.05) is 68.5 Å². The molecule has 1 aliphatic heterocycles. The van der Waals surface area contributed by atoms with E-state index in [2.05, 4.69) is 9.97 Å². The van der Waals surface area contributed by atoms with Crippen molar-refractivity contribution in [1.82, 2.24) is 19.4 Å². The summed E-state index contributed by atoms with van der Waals surface area (Å²) in [7, 11) is 3.50. The van der Waals surface area contributed by atoms with Crippen molar-refractivity contribution >= 4 is 11.9 Å². The molecule has 2 aromatic heterocycles. The van der Waals surface area contributed by atoms with Crippen LogP contribution in [0.25, 0.3) is 11.3 Å². The number of nitrogens with zero attached hydrogens (tertiary/aromatic N) is 5. The summed E-state index contributed by atoms with van der Waals surface area (Å²) < 4.78 is 28.8. The van der Waals surface area contributed by atoms with E-state index in [4.69, 9.17) is 0 Å². The smallest absolute Gasteiger partial charge is 0.255 e. The minimum absolute atomic E-state index is 0.112. The zero-order valence-electron chi connectivity index (χ0n) is 17.6. The van der Waals surface area contributed by atoms with E-state index in [0.29, 0.717) is 24.6 Å². The molecule has 1 aromatic carbocycles. The zero-order valence-corrected chi connectivity index (χ0v) is 17.6. The first-order valence-electron chi connectivity index (χ1n) is 10.3. The van der Waals surface area contributed by atoms with Crippen molar-refractivity contribution in [2.75, 3.05) is 25.0 Å². The second-order valence-electron chi connectivity index (χ2n) is 8.34. The Hall–Kier alpha value is -3.62. The van der Waals surface area contributed by atoms with Gasteiger partial charge in [-0.1, -0.05) is 0 Å². The number of piperidine rings is 1. The third-order valence-corrected chi connectivity index (χ3v) is 6.45. The Kier molecular flexibility index (Phi) is 4.76. The third kappa shape index (κ3) is 3.34. The van der Waals surface area contributed by atoms with Gasteiger partial charge in [-0.05, 0) is 30.3 Å². The molecular formula is C23H21F2N5O2. The maximum atomic E-state index is 14.2. The molecule has 3 atom stereocenters. The normalized spacial score (nSPS) is 21.4. The van der Waals surface area contributed by atoms with Crippen molar-refractivity contribution in [2.24, 2.45) is 18.9 Å². The van der Waals surface area contributed by atoms with E-state index in [9.17, 15) is 18.4 Å². The summed E-state index contributed by atoms with van der Waals surface area (Å²) in [6.07, 6.45) is 2.55. The van der Waals surface area contributed by atoms with Crippen molar-refractivity contribution < 1.29 is 13.6 Å². The largest absolute Gasteiger partial charge is 0.342 e. The standard InChI is InChI=1S/C23H21F2N5O2/c1-28-20(31)9-19(15-7-8-26-10-18(15)25)27-23(28)29(2)21-16-11-30(12-17(16)21)22(32)13-3-5-14(24)6-4-13/h3-10,16-17,21H,11-12H2,1-2H3/t16-,17+,21-. The molecule has 0 radical (unpaired) electrons. The van der Waals surface area contributed by atoms with Crippen LogP contribution in [0.3, 0.4) is 0 Å². The van der Waals surface area contributed by atoms with Crippen molar-refractivity contribution in [3.8, 4) is 11.3 Å². The molecule has 9 heteroatoms. The lowest BCUT2D eigenvalue weighted by molar-refractivity contribution is 0.0772. The van der Waals surface area contributed by atoms with Crippen LogP contribution in [-0.2, 0) is 7.05 Å². The SMILES string of the molecule is CN(c1nc(-c2ccncc2F)cc(=O)n1C)[C@@H]1[C@@H]2CN(C(=O)c3ccc(F)cc3)C[C@@H]21. The van der Waals surface area contributed by atoms with Gasteiger partial charge in [0.05, 0.1) is 11.9 Å². The lowest BCUT2D eigenvalue weighted by Crippen LogP contribution is -2.38. The van der Waals surface area contributed by atoms with E-state index in [1.54, 1.807) is 11.9 Å². The van der Waals surface area contributed by atoms with Crippen molar-refractivity contribution in [1.29, 1.82) is 0 Å². The molecule has 1 aliphatic carbocycles. The molecule has 1 saturated carbocycles. The van der Waals surface area contributed by atoms with Gasteiger partial charge in [0.2, 0.25) is 5.95 Å². The number of amides is 1. The Labute approximate surface area is 182 Å². The highest BCUT2D eigenvalue weighted by Gasteiger charge is 2.59. The maximum absolute atomic E-state index is 14.2. The summed E-state index contributed by atoms with van der Waals surface area (Å²) in [6, 6.07) is 8.49.